The van der Waals surface area contributed by atoms with Crippen molar-refractivity contribution in [1.82, 2.24) is 4.57 Å². The summed E-state index contributed by atoms with van der Waals surface area (Å²) >= 11 is 6.42. The van der Waals surface area contributed by atoms with Crippen molar-refractivity contribution in [3.8, 4) is 0 Å². The lowest BCUT2D eigenvalue weighted by molar-refractivity contribution is 0.283. The van der Waals surface area contributed by atoms with Gasteiger partial charge in [0, 0.05) is 17.5 Å². The average Bonchev–Trinajstić information content (AvgIpc) is 2.51. The van der Waals surface area contributed by atoms with Crippen molar-refractivity contribution in [3.63, 3.8) is 0 Å². The zero-order valence-electron chi connectivity index (χ0n) is 11.4. The van der Waals surface area contributed by atoms with Crippen molar-refractivity contribution in [1.29, 1.82) is 0 Å². The van der Waals surface area contributed by atoms with Crippen molar-refractivity contribution < 1.29 is 5.11 Å². The lowest BCUT2D eigenvalue weighted by Gasteiger charge is -2.12. The molecule has 1 aromatic carbocycles. The fourth-order valence-corrected chi connectivity index (χ4v) is 2.92. The van der Waals surface area contributed by atoms with Crippen LogP contribution in [-0.4, -0.2) is 9.67 Å². The summed E-state index contributed by atoms with van der Waals surface area (Å²) in [6.07, 6.45) is 0. The Hall–Kier alpha value is -0.990. The van der Waals surface area contributed by atoms with E-state index in [1.807, 2.05) is 0 Å². The number of rotatable bonds is 3. The summed E-state index contributed by atoms with van der Waals surface area (Å²) in [7, 11) is 0. The minimum atomic E-state index is -0.0106. The smallest absolute Gasteiger partial charge is 0.115 e. The SMILES string of the molecule is Cc1cc(C)c2c(c1)c(CO)c(Cl)n2CC(C)C. The van der Waals surface area contributed by atoms with Crippen LogP contribution in [0.2, 0.25) is 5.15 Å². The molecule has 0 unspecified atom stereocenters. The molecule has 1 aromatic heterocycles. The number of halogens is 1. The maximum Gasteiger partial charge on any atom is 0.115 e. The van der Waals surface area contributed by atoms with Gasteiger partial charge >= 0.3 is 0 Å². The van der Waals surface area contributed by atoms with Crippen LogP contribution in [0.3, 0.4) is 0 Å². The number of fused-ring (bicyclic) bond motifs is 1. The normalized spacial score (nSPS) is 11.7. The van der Waals surface area contributed by atoms with Crippen LogP contribution in [0.1, 0.15) is 30.5 Å². The minimum absolute atomic E-state index is 0.0106. The van der Waals surface area contributed by atoms with Gasteiger partial charge in [0.1, 0.15) is 5.15 Å². The van der Waals surface area contributed by atoms with E-state index in [4.69, 9.17) is 11.6 Å². The van der Waals surface area contributed by atoms with Gasteiger partial charge in [0.15, 0.2) is 0 Å². The third-order valence-corrected chi connectivity index (χ3v) is 3.66. The Bertz CT molecular complexity index is 584. The first-order valence-corrected chi connectivity index (χ1v) is 6.72. The highest BCUT2D eigenvalue weighted by molar-refractivity contribution is 6.32. The van der Waals surface area contributed by atoms with Gasteiger partial charge < -0.3 is 9.67 Å². The van der Waals surface area contributed by atoms with E-state index in [2.05, 4.69) is 44.4 Å². The Morgan fingerprint density at radius 3 is 2.50 bits per heavy atom. The van der Waals surface area contributed by atoms with Gasteiger partial charge in [-0.15, -0.1) is 0 Å². The van der Waals surface area contributed by atoms with Crippen molar-refractivity contribution >= 4 is 22.5 Å². The van der Waals surface area contributed by atoms with E-state index in [9.17, 15) is 5.11 Å². The van der Waals surface area contributed by atoms with Crippen LogP contribution in [0.4, 0.5) is 0 Å². The van der Waals surface area contributed by atoms with Crippen LogP contribution in [0.15, 0.2) is 12.1 Å². The molecule has 0 aliphatic rings. The first-order valence-electron chi connectivity index (χ1n) is 6.34. The van der Waals surface area contributed by atoms with Gasteiger partial charge in [-0.05, 0) is 31.4 Å². The zero-order chi connectivity index (χ0) is 13.4. The third-order valence-electron chi connectivity index (χ3n) is 3.23. The molecule has 3 heteroatoms. The molecular formula is C15H20ClNO. The van der Waals surface area contributed by atoms with Crippen LogP contribution in [0.25, 0.3) is 10.9 Å². The molecule has 0 fully saturated rings. The fourth-order valence-electron chi connectivity index (χ4n) is 2.61. The molecule has 0 amide bonds. The van der Waals surface area contributed by atoms with E-state index in [1.165, 1.54) is 11.1 Å². The molecule has 18 heavy (non-hydrogen) atoms. The first kappa shape index (κ1) is 13.4. The van der Waals surface area contributed by atoms with Gasteiger partial charge in [0.2, 0.25) is 0 Å². The first-order chi connectivity index (χ1) is 8.45. The molecule has 2 nitrogen and oxygen atoms in total. The van der Waals surface area contributed by atoms with Gasteiger partial charge in [-0.1, -0.05) is 37.1 Å². The van der Waals surface area contributed by atoms with Crippen molar-refractivity contribution in [3.05, 3.63) is 34.0 Å². The van der Waals surface area contributed by atoms with Gasteiger partial charge in [0.25, 0.3) is 0 Å². The fraction of sp³-hybridized carbons (Fsp3) is 0.467. The van der Waals surface area contributed by atoms with Gasteiger partial charge in [-0.3, -0.25) is 0 Å². The average molecular weight is 266 g/mol. The van der Waals surface area contributed by atoms with Crippen molar-refractivity contribution in [2.75, 3.05) is 0 Å². The van der Waals surface area contributed by atoms with Crippen LogP contribution < -0.4 is 0 Å². The van der Waals surface area contributed by atoms with E-state index < -0.39 is 0 Å². The van der Waals surface area contributed by atoms with Crippen LogP contribution in [0.5, 0.6) is 0 Å². The molecule has 1 heterocycles. The number of hydrogen-bond acceptors (Lipinski definition) is 1. The molecule has 0 aliphatic carbocycles. The number of nitrogens with zero attached hydrogens (tertiary/aromatic N) is 1. The summed E-state index contributed by atoms with van der Waals surface area (Å²) < 4.78 is 2.13. The Kier molecular flexibility index (Phi) is 3.69. The Morgan fingerprint density at radius 2 is 1.94 bits per heavy atom. The molecule has 0 bridgehead atoms. The van der Waals surface area contributed by atoms with Gasteiger partial charge in [0.05, 0.1) is 12.1 Å². The van der Waals surface area contributed by atoms with Gasteiger partial charge in [-0.25, -0.2) is 0 Å². The molecule has 0 radical (unpaired) electrons. The summed E-state index contributed by atoms with van der Waals surface area (Å²) in [5, 5.41) is 11.3. The summed E-state index contributed by atoms with van der Waals surface area (Å²) in [5.41, 5.74) is 4.42. The Labute approximate surface area is 113 Å². The van der Waals surface area contributed by atoms with E-state index in [1.54, 1.807) is 0 Å². The lowest BCUT2D eigenvalue weighted by Crippen LogP contribution is -2.05. The number of hydrogen-bond donors (Lipinski definition) is 1. The molecule has 2 aromatic rings. The lowest BCUT2D eigenvalue weighted by atomic mass is 10.1. The quantitative estimate of drug-likeness (QED) is 0.890. The standard InChI is InChI=1S/C15H20ClNO/c1-9(2)7-17-14-11(4)5-10(3)6-12(14)13(8-18)15(17)16/h5-6,9,18H,7-8H2,1-4H3. The highest BCUT2D eigenvalue weighted by Gasteiger charge is 2.17. The molecule has 0 atom stereocenters. The van der Waals surface area contributed by atoms with E-state index in [-0.39, 0.29) is 6.61 Å². The summed E-state index contributed by atoms with van der Waals surface area (Å²) in [5.74, 6) is 0.519. The monoisotopic (exact) mass is 265 g/mol. The van der Waals surface area contributed by atoms with E-state index >= 15 is 0 Å². The predicted octanol–water partition coefficient (Wildman–Crippen LogP) is 4.06. The van der Waals surface area contributed by atoms with Crippen molar-refractivity contribution in [2.24, 2.45) is 5.92 Å². The molecule has 0 aliphatic heterocycles. The van der Waals surface area contributed by atoms with E-state index in [0.717, 1.165) is 23.0 Å². The minimum Gasteiger partial charge on any atom is -0.392 e. The molecule has 2 rings (SSSR count). The van der Waals surface area contributed by atoms with Crippen molar-refractivity contribution in [2.45, 2.75) is 40.8 Å². The van der Waals surface area contributed by atoms with Crippen LogP contribution in [0, 0.1) is 19.8 Å². The molecule has 1 N–H and O–H groups in total. The maximum absolute atomic E-state index is 9.55. The number of aliphatic hydroxyl groups excluding tert-OH is 1. The number of aromatic nitrogens is 1. The number of benzene rings is 1. The maximum atomic E-state index is 9.55. The summed E-state index contributed by atoms with van der Waals surface area (Å²) in [4.78, 5) is 0. The molecule has 0 saturated heterocycles. The summed E-state index contributed by atoms with van der Waals surface area (Å²) in [6.45, 7) is 9.38. The molecular weight excluding hydrogens is 246 g/mol. The Morgan fingerprint density at radius 1 is 1.28 bits per heavy atom. The van der Waals surface area contributed by atoms with E-state index in [0.29, 0.717) is 11.1 Å². The third kappa shape index (κ3) is 2.15. The second kappa shape index (κ2) is 4.94. The number of aryl methyl sites for hydroxylation is 2. The zero-order valence-corrected chi connectivity index (χ0v) is 12.2. The summed E-state index contributed by atoms with van der Waals surface area (Å²) in [6, 6.07) is 4.27. The van der Waals surface area contributed by atoms with Crippen LogP contribution in [-0.2, 0) is 13.2 Å². The van der Waals surface area contributed by atoms with Crippen LogP contribution >= 0.6 is 11.6 Å². The second-order valence-electron chi connectivity index (χ2n) is 5.41. The largest absolute Gasteiger partial charge is 0.392 e. The topological polar surface area (TPSA) is 25.2 Å². The molecule has 98 valence electrons. The Balaban J connectivity index is 2.80. The molecule has 0 spiro atoms. The van der Waals surface area contributed by atoms with Gasteiger partial charge in [-0.2, -0.15) is 0 Å². The molecule has 0 saturated carbocycles. The highest BCUT2D eigenvalue weighted by Crippen LogP contribution is 2.33. The second-order valence-corrected chi connectivity index (χ2v) is 5.77. The predicted molar refractivity (Wildman–Crippen MR) is 77.2 cm³/mol. The highest BCUT2D eigenvalue weighted by atomic mass is 35.5. The number of aliphatic hydroxyl groups is 1.